The van der Waals surface area contributed by atoms with E-state index in [1.54, 1.807) is 17.5 Å². The number of thiazole rings is 1. The van der Waals surface area contributed by atoms with Crippen molar-refractivity contribution in [3.8, 4) is 0 Å². The van der Waals surface area contributed by atoms with Crippen molar-refractivity contribution < 1.29 is 0 Å². The van der Waals surface area contributed by atoms with Crippen molar-refractivity contribution in [3.05, 3.63) is 43.0 Å². The minimum absolute atomic E-state index is 0.731. The Bertz CT molecular complexity index is 528. The number of hydrogen-bond donors (Lipinski definition) is 1. The summed E-state index contributed by atoms with van der Waals surface area (Å²) in [6.07, 6.45) is 4.81. The molecular formula is C12H13Br2N3S. The van der Waals surface area contributed by atoms with E-state index < -0.39 is 0 Å². The van der Waals surface area contributed by atoms with E-state index in [1.165, 1.54) is 4.88 Å². The fourth-order valence-electron chi connectivity index (χ4n) is 1.45. The second-order valence-electron chi connectivity index (χ2n) is 3.76. The van der Waals surface area contributed by atoms with Crippen LogP contribution in [-0.2, 0) is 19.5 Å². The molecule has 0 radical (unpaired) electrons. The fourth-order valence-corrected chi connectivity index (χ4v) is 3.41. The van der Waals surface area contributed by atoms with E-state index in [4.69, 9.17) is 0 Å². The van der Waals surface area contributed by atoms with Gasteiger partial charge in [0, 0.05) is 39.3 Å². The van der Waals surface area contributed by atoms with Crippen LogP contribution in [0, 0.1) is 0 Å². The standard InChI is InChI=1S/C12H13Br2N3S/c1-2-9-5-17-12(18-9)7-15-6-11-10(14)3-8(13)4-16-11/h3-5,15H,2,6-7H2,1H3. The van der Waals surface area contributed by atoms with Crippen molar-refractivity contribution in [1.29, 1.82) is 0 Å². The maximum absolute atomic E-state index is 4.37. The van der Waals surface area contributed by atoms with Gasteiger partial charge in [0.25, 0.3) is 0 Å². The molecule has 2 rings (SSSR count). The highest BCUT2D eigenvalue weighted by molar-refractivity contribution is 9.11. The number of aryl methyl sites for hydroxylation is 1. The smallest absolute Gasteiger partial charge is 0.107 e. The summed E-state index contributed by atoms with van der Waals surface area (Å²) in [5.74, 6) is 0. The molecule has 0 saturated carbocycles. The Labute approximate surface area is 127 Å². The van der Waals surface area contributed by atoms with Gasteiger partial charge >= 0.3 is 0 Å². The van der Waals surface area contributed by atoms with Gasteiger partial charge in [-0.15, -0.1) is 11.3 Å². The number of aromatic nitrogens is 2. The van der Waals surface area contributed by atoms with Crippen molar-refractivity contribution in [2.24, 2.45) is 0 Å². The molecule has 0 saturated heterocycles. The zero-order valence-corrected chi connectivity index (χ0v) is 13.9. The van der Waals surface area contributed by atoms with Gasteiger partial charge < -0.3 is 5.32 Å². The fraction of sp³-hybridized carbons (Fsp3) is 0.333. The van der Waals surface area contributed by atoms with Crippen LogP contribution in [-0.4, -0.2) is 9.97 Å². The Morgan fingerprint density at radius 2 is 2.06 bits per heavy atom. The molecule has 0 unspecified atom stereocenters. The third kappa shape index (κ3) is 3.85. The summed E-state index contributed by atoms with van der Waals surface area (Å²) in [5, 5.41) is 4.48. The lowest BCUT2D eigenvalue weighted by molar-refractivity contribution is 0.674. The number of nitrogens with zero attached hydrogens (tertiary/aromatic N) is 2. The summed E-state index contributed by atoms with van der Waals surface area (Å²) in [6, 6.07) is 2.00. The van der Waals surface area contributed by atoms with E-state index in [-0.39, 0.29) is 0 Å². The topological polar surface area (TPSA) is 37.8 Å². The van der Waals surface area contributed by atoms with Crippen LogP contribution in [0.5, 0.6) is 0 Å². The van der Waals surface area contributed by atoms with Gasteiger partial charge in [-0.25, -0.2) is 4.98 Å². The Morgan fingerprint density at radius 3 is 2.72 bits per heavy atom. The van der Waals surface area contributed by atoms with Gasteiger partial charge in [-0.05, 0) is 44.3 Å². The Hall–Kier alpha value is -0.300. The molecule has 96 valence electrons. The molecule has 6 heteroatoms. The van der Waals surface area contributed by atoms with Crippen LogP contribution in [0.1, 0.15) is 22.5 Å². The molecule has 3 nitrogen and oxygen atoms in total. The van der Waals surface area contributed by atoms with Crippen molar-refractivity contribution in [2.75, 3.05) is 0 Å². The number of rotatable bonds is 5. The minimum Gasteiger partial charge on any atom is -0.305 e. The average molecular weight is 391 g/mol. The summed E-state index contributed by atoms with van der Waals surface area (Å²) in [5.41, 5.74) is 1.01. The molecule has 0 fully saturated rings. The number of halogens is 2. The second-order valence-corrected chi connectivity index (χ2v) is 6.73. The lowest BCUT2D eigenvalue weighted by Crippen LogP contribution is -2.13. The molecule has 2 aromatic rings. The predicted octanol–water partition coefficient (Wildman–Crippen LogP) is 3.92. The summed E-state index contributed by atoms with van der Waals surface area (Å²) < 4.78 is 1.99. The number of nitrogens with one attached hydrogen (secondary N) is 1. The highest BCUT2D eigenvalue weighted by atomic mass is 79.9. The van der Waals surface area contributed by atoms with Crippen molar-refractivity contribution in [1.82, 2.24) is 15.3 Å². The quantitative estimate of drug-likeness (QED) is 0.840. The zero-order valence-electron chi connectivity index (χ0n) is 9.91. The van der Waals surface area contributed by atoms with Gasteiger partial charge in [0.1, 0.15) is 5.01 Å². The van der Waals surface area contributed by atoms with Crippen LogP contribution in [0.3, 0.4) is 0 Å². The van der Waals surface area contributed by atoms with Gasteiger partial charge in [-0.3, -0.25) is 4.98 Å². The molecule has 0 aliphatic heterocycles. The van der Waals surface area contributed by atoms with E-state index in [2.05, 4.69) is 54.1 Å². The van der Waals surface area contributed by atoms with Gasteiger partial charge in [0.2, 0.25) is 0 Å². The summed E-state index contributed by atoms with van der Waals surface area (Å²) in [7, 11) is 0. The van der Waals surface area contributed by atoms with Crippen LogP contribution >= 0.6 is 43.2 Å². The van der Waals surface area contributed by atoms with Crippen LogP contribution in [0.25, 0.3) is 0 Å². The van der Waals surface area contributed by atoms with Crippen molar-refractivity contribution in [2.45, 2.75) is 26.4 Å². The minimum atomic E-state index is 0.731. The van der Waals surface area contributed by atoms with E-state index in [9.17, 15) is 0 Å². The Kier molecular flexibility index (Phi) is 5.29. The second kappa shape index (κ2) is 6.75. The first-order valence-corrected chi connectivity index (χ1v) is 8.03. The maximum Gasteiger partial charge on any atom is 0.107 e. The molecule has 1 N–H and O–H groups in total. The number of hydrogen-bond acceptors (Lipinski definition) is 4. The lowest BCUT2D eigenvalue weighted by Gasteiger charge is -2.04. The van der Waals surface area contributed by atoms with Crippen molar-refractivity contribution in [3.63, 3.8) is 0 Å². The predicted molar refractivity (Wildman–Crippen MR) is 81.7 cm³/mol. The SMILES string of the molecule is CCc1cnc(CNCc2ncc(Br)cc2Br)s1. The van der Waals surface area contributed by atoms with E-state index in [0.29, 0.717) is 0 Å². The van der Waals surface area contributed by atoms with Gasteiger partial charge in [-0.1, -0.05) is 6.92 Å². The summed E-state index contributed by atoms with van der Waals surface area (Å²) in [4.78, 5) is 10.1. The largest absolute Gasteiger partial charge is 0.305 e. The summed E-state index contributed by atoms with van der Waals surface area (Å²) >= 11 is 8.66. The normalized spacial score (nSPS) is 10.8. The first kappa shape index (κ1) is 14.1. The van der Waals surface area contributed by atoms with Crippen LogP contribution in [0.2, 0.25) is 0 Å². The van der Waals surface area contributed by atoms with Crippen LogP contribution < -0.4 is 5.32 Å². The lowest BCUT2D eigenvalue weighted by atomic mass is 10.3. The van der Waals surface area contributed by atoms with Gasteiger partial charge in [0.05, 0.1) is 5.69 Å². The van der Waals surface area contributed by atoms with Gasteiger partial charge in [-0.2, -0.15) is 0 Å². The number of pyridine rings is 1. The molecule has 2 heterocycles. The van der Waals surface area contributed by atoms with Gasteiger partial charge in [0.15, 0.2) is 0 Å². The molecule has 0 bridgehead atoms. The van der Waals surface area contributed by atoms with Crippen LogP contribution in [0.15, 0.2) is 27.4 Å². The molecular weight excluding hydrogens is 378 g/mol. The third-order valence-corrected chi connectivity index (χ3v) is 4.66. The molecule has 18 heavy (non-hydrogen) atoms. The zero-order chi connectivity index (χ0) is 13.0. The van der Waals surface area contributed by atoms with E-state index in [1.807, 2.05) is 12.3 Å². The first-order chi connectivity index (χ1) is 8.69. The van der Waals surface area contributed by atoms with E-state index in [0.717, 1.165) is 39.2 Å². The molecule has 0 amide bonds. The Morgan fingerprint density at radius 1 is 1.22 bits per heavy atom. The average Bonchev–Trinajstić information content (AvgIpc) is 2.80. The summed E-state index contributed by atoms with van der Waals surface area (Å²) in [6.45, 7) is 3.66. The Balaban J connectivity index is 1.88. The van der Waals surface area contributed by atoms with E-state index >= 15 is 0 Å². The third-order valence-electron chi connectivity index (χ3n) is 2.40. The molecule has 0 atom stereocenters. The first-order valence-electron chi connectivity index (χ1n) is 5.63. The maximum atomic E-state index is 4.37. The molecule has 2 aromatic heterocycles. The molecule has 0 aliphatic rings. The monoisotopic (exact) mass is 389 g/mol. The van der Waals surface area contributed by atoms with Crippen molar-refractivity contribution >= 4 is 43.2 Å². The molecule has 0 spiro atoms. The molecule has 0 aromatic carbocycles. The highest BCUT2D eigenvalue weighted by Gasteiger charge is 2.04. The highest BCUT2D eigenvalue weighted by Crippen LogP contribution is 2.19. The van der Waals surface area contributed by atoms with Crippen LogP contribution in [0.4, 0.5) is 0 Å². The molecule has 0 aliphatic carbocycles.